The SMILES string of the molecule is CN1CCC(N(Cc2ccco2)C(=O)CCC2Cc3ccccc3NC2=O)CC1. The van der Waals surface area contributed by atoms with Crippen molar-refractivity contribution in [3.63, 3.8) is 0 Å². The van der Waals surface area contributed by atoms with Gasteiger partial charge in [0.1, 0.15) is 5.76 Å². The second-order valence-corrected chi connectivity index (χ2v) is 8.22. The standard InChI is InChI=1S/C23H29N3O3/c1-25-12-10-19(11-13-25)26(16-20-6-4-14-29-20)22(27)9-8-18-15-17-5-2-3-7-21(17)24-23(18)28/h2-7,14,18-19H,8-13,15-16H2,1H3,(H,24,28). The zero-order valence-corrected chi connectivity index (χ0v) is 17.0. The van der Waals surface area contributed by atoms with Gasteiger partial charge in [-0.15, -0.1) is 0 Å². The zero-order chi connectivity index (χ0) is 20.2. The minimum absolute atomic E-state index is 0.0216. The van der Waals surface area contributed by atoms with Crippen LogP contribution in [0.25, 0.3) is 0 Å². The molecule has 1 aromatic heterocycles. The van der Waals surface area contributed by atoms with Crippen molar-refractivity contribution in [3.8, 4) is 0 Å². The minimum Gasteiger partial charge on any atom is -0.467 e. The molecule has 1 atom stereocenters. The number of fused-ring (bicyclic) bond motifs is 1. The van der Waals surface area contributed by atoms with Crippen LogP contribution in [0, 0.1) is 5.92 Å². The molecule has 0 radical (unpaired) electrons. The lowest BCUT2D eigenvalue weighted by Gasteiger charge is -2.37. The molecule has 0 aliphatic carbocycles. The molecular weight excluding hydrogens is 366 g/mol. The predicted octanol–water partition coefficient (Wildman–Crippen LogP) is 3.29. The Balaban J connectivity index is 1.40. The number of nitrogens with one attached hydrogen (secondary N) is 1. The normalized spacial score (nSPS) is 20.2. The summed E-state index contributed by atoms with van der Waals surface area (Å²) in [6, 6.07) is 11.9. The molecule has 0 bridgehead atoms. The van der Waals surface area contributed by atoms with E-state index >= 15 is 0 Å². The van der Waals surface area contributed by atoms with Crippen molar-refractivity contribution in [1.82, 2.24) is 9.80 Å². The number of carbonyl (C=O) groups excluding carboxylic acids is 2. The van der Waals surface area contributed by atoms with Crippen molar-refractivity contribution < 1.29 is 14.0 Å². The van der Waals surface area contributed by atoms with Crippen LogP contribution in [0.5, 0.6) is 0 Å². The Morgan fingerprint density at radius 2 is 2.00 bits per heavy atom. The molecule has 1 saturated heterocycles. The summed E-state index contributed by atoms with van der Waals surface area (Å²) in [7, 11) is 2.12. The second-order valence-electron chi connectivity index (χ2n) is 8.22. The summed E-state index contributed by atoms with van der Waals surface area (Å²) in [6.45, 7) is 2.49. The van der Waals surface area contributed by atoms with E-state index in [9.17, 15) is 9.59 Å². The van der Waals surface area contributed by atoms with Crippen molar-refractivity contribution in [2.45, 2.75) is 44.7 Å². The Morgan fingerprint density at radius 1 is 1.21 bits per heavy atom. The number of para-hydroxylation sites is 1. The van der Waals surface area contributed by atoms with Gasteiger partial charge in [-0.05, 0) is 69.6 Å². The Hall–Kier alpha value is -2.60. The molecule has 1 fully saturated rings. The minimum atomic E-state index is -0.156. The Kier molecular flexibility index (Phi) is 6.00. The molecule has 2 aliphatic heterocycles. The average Bonchev–Trinajstić information content (AvgIpc) is 3.24. The molecule has 1 N–H and O–H groups in total. The summed E-state index contributed by atoms with van der Waals surface area (Å²) >= 11 is 0. The first kappa shape index (κ1) is 19.7. The molecule has 29 heavy (non-hydrogen) atoms. The first-order valence-electron chi connectivity index (χ1n) is 10.5. The molecule has 6 nitrogen and oxygen atoms in total. The number of hydrogen-bond donors (Lipinski definition) is 1. The van der Waals surface area contributed by atoms with E-state index in [1.54, 1.807) is 6.26 Å². The topological polar surface area (TPSA) is 65.8 Å². The first-order valence-corrected chi connectivity index (χ1v) is 10.5. The van der Waals surface area contributed by atoms with E-state index in [0.717, 1.165) is 42.9 Å². The molecule has 154 valence electrons. The van der Waals surface area contributed by atoms with Crippen molar-refractivity contribution in [2.24, 2.45) is 5.92 Å². The van der Waals surface area contributed by atoms with Crippen LogP contribution >= 0.6 is 0 Å². The van der Waals surface area contributed by atoms with E-state index in [1.807, 2.05) is 41.3 Å². The summed E-state index contributed by atoms with van der Waals surface area (Å²) in [5.41, 5.74) is 2.04. The largest absolute Gasteiger partial charge is 0.467 e. The average molecular weight is 396 g/mol. The molecule has 2 aromatic rings. The zero-order valence-electron chi connectivity index (χ0n) is 17.0. The maximum Gasteiger partial charge on any atom is 0.227 e. The molecule has 0 saturated carbocycles. The maximum atomic E-state index is 13.2. The van der Waals surface area contributed by atoms with Crippen molar-refractivity contribution in [1.29, 1.82) is 0 Å². The molecule has 0 spiro atoms. The highest BCUT2D eigenvalue weighted by Gasteiger charge is 2.30. The summed E-state index contributed by atoms with van der Waals surface area (Å²) < 4.78 is 5.51. The Labute approximate surface area is 171 Å². The number of amides is 2. The summed E-state index contributed by atoms with van der Waals surface area (Å²) in [5.74, 6) is 0.786. The van der Waals surface area contributed by atoms with Crippen LogP contribution in [0.1, 0.15) is 37.0 Å². The van der Waals surface area contributed by atoms with E-state index in [-0.39, 0.29) is 23.8 Å². The first-order chi connectivity index (χ1) is 14.1. The molecule has 6 heteroatoms. The monoisotopic (exact) mass is 395 g/mol. The highest BCUT2D eigenvalue weighted by molar-refractivity contribution is 5.96. The fourth-order valence-corrected chi connectivity index (χ4v) is 4.39. The van der Waals surface area contributed by atoms with Crippen LogP contribution < -0.4 is 5.32 Å². The summed E-state index contributed by atoms with van der Waals surface area (Å²) in [6.07, 6.45) is 5.24. The third kappa shape index (κ3) is 4.70. The highest BCUT2D eigenvalue weighted by Crippen LogP contribution is 2.28. The number of benzene rings is 1. The number of furan rings is 1. The fraction of sp³-hybridized carbons (Fsp3) is 0.478. The van der Waals surface area contributed by atoms with Crippen LogP contribution in [0.15, 0.2) is 47.1 Å². The Morgan fingerprint density at radius 3 is 2.76 bits per heavy atom. The van der Waals surface area contributed by atoms with Gasteiger partial charge >= 0.3 is 0 Å². The van der Waals surface area contributed by atoms with E-state index in [2.05, 4.69) is 17.3 Å². The number of nitrogens with zero attached hydrogens (tertiary/aromatic N) is 2. The molecule has 1 aromatic carbocycles. The second kappa shape index (κ2) is 8.82. The number of hydrogen-bond acceptors (Lipinski definition) is 4. The highest BCUT2D eigenvalue weighted by atomic mass is 16.3. The van der Waals surface area contributed by atoms with Gasteiger partial charge in [0, 0.05) is 24.1 Å². The lowest BCUT2D eigenvalue weighted by molar-refractivity contribution is -0.136. The third-order valence-electron chi connectivity index (χ3n) is 6.17. The number of piperidine rings is 1. The van der Waals surface area contributed by atoms with E-state index in [4.69, 9.17) is 4.42 Å². The van der Waals surface area contributed by atoms with Crippen LogP contribution in [0.3, 0.4) is 0 Å². The maximum absolute atomic E-state index is 13.2. The van der Waals surface area contributed by atoms with E-state index in [0.29, 0.717) is 25.8 Å². The molecule has 3 heterocycles. The van der Waals surface area contributed by atoms with Gasteiger partial charge in [0.2, 0.25) is 11.8 Å². The summed E-state index contributed by atoms with van der Waals surface area (Å²) in [5, 5.41) is 2.98. The van der Waals surface area contributed by atoms with Gasteiger partial charge in [-0.1, -0.05) is 18.2 Å². The third-order valence-corrected chi connectivity index (χ3v) is 6.17. The van der Waals surface area contributed by atoms with Gasteiger partial charge in [0.15, 0.2) is 0 Å². The van der Waals surface area contributed by atoms with Gasteiger partial charge in [-0.25, -0.2) is 0 Å². The number of likely N-dealkylation sites (tertiary alicyclic amines) is 1. The molecule has 2 aliphatic rings. The molecule has 2 amide bonds. The Bertz CT molecular complexity index is 841. The lowest BCUT2D eigenvalue weighted by Crippen LogP contribution is -2.46. The molecule has 1 unspecified atom stereocenters. The van der Waals surface area contributed by atoms with Gasteiger partial charge < -0.3 is 19.5 Å². The molecule has 4 rings (SSSR count). The van der Waals surface area contributed by atoms with Crippen LogP contribution in [-0.4, -0.2) is 47.8 Å². The number of rotatable bonds is 6. The van der Waals surface area contributed by atoms with E-state index in [1.165, 1.54) is 0 Å². The van der Waals surface area contributed by atoms with Crippen LogP contribution in [-0.2, 0) is 22.6 Å². The van der Waals surface area contributed by atoms with Gasteiger partial charge in [0.05, 0.1) is 12.8 Å². The van der Waals surface area contributed by atoms with Crippen molar-refractivity contribution in [3.05, 3.63) is 54.0 Å². The van der Waals surface area contributed by atoms with Crippen LogP contribution in [0.4, 0.5) is 5.69 Å². The van der Waals surface area contributed by atoms with E-state index < -0.39 is 0 Å². The summed E-state index contributed by atoms with van der Waals surface area (Å²) in [4.78, 5) is 29.9. The van der Waals surface area contributed by atoms with Gasteiger partial charge in [-0.2, -0.15) is 0 Å². The smallest absolute Gasteiger partial charge is 0.227 e. The van der Waals surface area contributed by atoms with Crippen molar-refractivity contribution in [2.75, 3.05) is 25.5 Å². The number of anilines is 1. The fourth-order valence-electron chi connectivity index (χ4n) is 4.39. The number of carbonyl (C=O) groups is 2. The molecular formula is C23H29N3O3. The van der Waals surface area contributed by atoms with Gasteiger partial charge in [0.25, 0.3) is 0 Å². The van der Waals surface area contributed by atoms with Crippen LogP contribution in [0.2, 0.25) is 0 Å². The lowest BCUT2D eigenvalue weighted by atomic mass is 9.89. The van der Waals surface area contributed by atoms with Crippen molar-refractivity contribution >= 4 is 17.5 Å². The van der Waals surface area contributed by atoms with Gasteiger partial charge in [-0.3, -0.25) is 9.59 Å². The predicted molar refractivity (Wildman–Crippen MR) is 111 cm³/mol. The quantitative estimate of drug-likeness (QED) is 0.815.